The van der Waals surface area contributed by atoms with Gasteiger partial charge in [0.05, 0.1) is 16.9 Å². The highest BCUT2D eigenvalue weighted by atomic mass is 32.2. The molecular weight excluding hydrogens is 756 g/mol. The molecule has 0 aromatic heterocycles. The fourth-order valence-electron chi connectivity index (χ4n) is 15.7. The largest absolute Gasteiger partial charge is 0.460 e. The molecule has 59 heavy (non-hydrogen) atoms. The topological polar surface area (TPSA) is 75.7 Å². The molecule has 1 N–H and O–H groups in total. The number of rotatable bonds is 10. The minimum absolute atomic E-state index is 0.0128. The van der Waals surface area contributed by atoms with Crippen molar-refractivity contribution in [1.82, 2.24) is 10.2 Å². The first-order valence-corrected chi connectivity index (χ1v) is 25.3. The first-order chi connectivity index (χ1) is 27.9. The second-order valence-corrected chi connectivity index (χ2v) is 24.4. The van der Waals surface area contributed by atoms with Crippen LogP contribution in [0.5, 0.6) is 0 Å². The van der Waals surface area contributed by atoms with Gasteiger partial charge >= 0.3 is 5.97 Å². The maximum Gasteiger partial charge on any atom is 0.315 e. The van der Waals surface area contributed by atoms with Gasteiger partial charge in [-0.2, -0.15) is 0 Å². The summed E-state index contributed by atoms with van der Waals surface area (Å²) < 4.78 is 45.1. The Balaban J connectivity index is 0.994. The lowest BCUT2D eigenvalue weighted by Crippen LogP contribution is -2.68. The van der Waals surface area contributed by atoms with Gasteiger partial charge in [0, 0.05) is 25.2 Å². The summed E-state index contributed by atoms with van der Waals surface area (Å²) in [5.74, 6) is 3.21. The third kappa shape index (κ3) is 7.27. The number of hydrogen-bond acceptors (Lipinski definition) is 6. The molecule has 6 aliphatic carbocycles. The SMILES string of the molecule is C=C(C)C1CCC2(NCCN3CCCS(=O)(=O)CC3)CCC3(C)C(CCC4C5(C)CC=C(C6=CCC(CF)(C(=O)OCc7ccccc7)CC6)C(C)(C)C5CCC43C)C12. The van der Waals surface area contributed by atoms with Crippen LogP contribution in [0.3, 0.4) is 0 Å². The van der Waals surface area contributed by atoms with Gasteiger partial charge in [-0.1, -0.05) is 89.3 Å². The third-order valence-corrected chi connectivity index (χ3v) is 20.8. The van der Waals surface area contributed by atoms with E-state index in [1.807, 2.05) is 30.3 Å². The second-order valence-electron chi connectivity index (χ2n) is 22.1. The molecule has 10 atom stereocenters. The zero-order valence-electron chi connectivity index (χ0n) is 37.4. The van der Waals surface area contributed by atoms with E-state index in [1.54, 1.807) is 0 Å². The van der Waals surface area contributed by atoms with Crippen LogP contribution in [-0.2, 0) is 26.0 Å². The number of carbonyl (C=O) groups is 1. The van der Waals surface area contributed by atoms with E-state index in [1.165, 1.54) is 68.1 Å². The van der Waals surface area contributed by atoms with Crippen molar-refractivity contribution in [3.05, 3.63) is 71.3 Å². The highest BCUT2D eigenvalue weighted by molar-refractivity contribution is 7.91. The summed E-state index contributed by atoms with van der Waals surface area (Å²) in [5, 5.41) is 4.24. The monoisotopic (exact) mass is 831 g/mol. The fraction of sp³-hybridized carbons (Fsp3) is 0.745. The number of esters is 1. The van der Waals surface area contributed by atoms with Gasteiger partial charge in [0.2, 0.25) is 0 Å². The van der Waals surface area contributed by atoms with Crippen LogP contribution in [0.4, 0.5) is 4.39 Å². The quantitative estimate of drug-likeness (QED) is 0.187. The summed E-state index contributed by atoms with van der Waals surface area (Å²) in [6.07, 6.45) is 18.2. The molecule has 8 heteroatoms. The van der Waals surface area contributed by atoms with Crippen molar-refractivity contribution in [3.8, 4) is 0 Å². The van der Waals surface area contributed by atoms with Gasteiger partial charge in [-0.15, -0.1) is 0 Å². The number of carbonyl (C=O) groups excluding carboxylic acids is 1. The van der Waals surface area contributed by atoms with Crippen molar-refractivity contribution in [1.29, 1.82) is 0 Å². The van der Waals surface area contributed by atoms with E-state index in [0.717, 1.165) is 38.0 Å². The predicted octanol–water partition coefficient (Wildman–Crippen LogP) is 10.5. The lowest BCUT2D eigenvalue weighted by Gasteiger charge is -2.72. The lowest BCUT2D eigenvalue weighted by molar-refractivity contribution is -0.221. The van der Waals surface area contributed by atoms with Crippen LogP contribution in [0.25, 0.3) is 0 Å². The summed E-state index contributed by atoms with van der Waals surface area (Å²) in [7, 11) is -2.91. The Hall–Kier alpha value is -2.29. The molecule has 10 unspecified atom stereocenters. The van der Waals surface area contributed by atoms with E-state index in [2.05, 4.69) is 70.5 Å². The highest BCUT2D eigenvalue weighted by Crippen LogP contribution is 2.76. The van der Waals surface area contributed by atoms with E-state index in [0.29, 0.717) is 66.9 Å². The smallest absolute Gasteiger partial charge is 0.315 e. The molecule has 1 aromatic rings. The molecule has 1 saturated heterocycles. The van der Waals surface area contributed by atoms with Crippen molar-refractivity contribution in [2.24, 2.45) is 56.7 Å². The predicted molar refractivity (Wildman–Crippen MR) is 237 cm³/mol. The Morgan fingerprint density at radius 1 is 0.898 bits per heavy atom. The Morgan fingerprint density at radius 3 is 2.39 bits per heavy atom. The fourth-order valence-corrected chi connectivity index (χ4v) is 17.0. The molecule has 1 aromatic carbocycles. The molecule has 1 heterocycles. The number of alkyl halides is 1. The number of halogens is 1. The van der Waals surface area contributed by atoms with Gasteiger partial charge in [0.15, 0.2) is 9.84 Å². The van der Waals surface area contributed by atoms with Gasteiger partial charge in [0.1, 0.15) is 13.3 Å². The van der Waals surface area contributed by atoms with Gasteiger partial charge in [0.25, 0.3) is 0 Å². The van der Waals surface area contributed by atoms with E-state index in [9.17, 15) is 17.6 Å². The van der Waals surface area contributed by atoms with Crippen molar-refractivity contribution in [2.45, 2.75) is 137 Å². The van der Waals surface area contributed by atoms with E-state index in [4.69, 9.17) is 4.74 Å². The molecule has 326 valence electrons. The average molecular weight is 831 g/mol. The van der Waals surface area contributed by atoms with Crippen LogP contribution in [-0.4, -0.2) is 69.2 Å². The molecule has 0 spiro atoms. The molecule has 4 saturated carbocycles. The zero-order chi connectivity index (χ0) is 42.1. The Labute approximate surface area is 356 Å². The summed E-state index contributed by atoms with van der Waals surface area (Å²) in [6, 6.07) is 9.67. The highest BCUT2D eigenvalue weighted by Gasteiger charge is 2.70. The van der Waals surface area contributed by atoms with Crippen LogP contribution in [0.2, 0.25) is 0 Å². The molecule has 0 bridgehead atoms. The van der Waals surface area contributed by atoms with Crippen LogP contribution in [0, 0.1) is 56.7 Å². The maximum absolute atomic E-state index is 14.8. The molecule has 6 nitrogen and oxygen atoms in total. The molecular formula is C51H75FN2O4S. The average Bonchev–Trinajstić information content (AvgIpc) is 3.50. The Morgan fingerprint density at radius 2 is 1.68 bits per heavy atom. The summed E-state index contributed by atoms with van der Waals surface area (Å²) in [6.45, 7) is 22.8. The standard InChI is InChI=1S/C51H75FN2O4S/c1-36(2)39-18-25-51(53-28-30-54-29-11-32-59(56,57)33-31-54)27-26-48(6)41(44(39)51)14-15-43-47(5)21-19-40(46(3,4)42(47)20-22-49(43,48)7)38-16-23-50(35-52,24-17-38)45(55)58-34-37-12-9-8-10-13-37/h8-10,12-13,16,19,39,41-44,53H,1,11,14-15,17-18,20-35H2,2-7H3. The maximum atomic E-state index is 14.8. The van der Waals surface area contributed by atoms with Crippen LogP contribution >= 0.6 is 0 Å². The van der Waals surface area contributed by atoms with Crippen molar-refractivity contribution >= 4 is 15.8 Å². The lowest BCUT2D eigenvalue weighted by atomic mass is 9.33. The van der Waals surface area contributed by atoms with E-state index >= 15 is 0 Å². The van der Waals surface area contributed by atoms with Gasteiger partial charge in [-0.25, -0.2) is 12.8 Å². The number of hydrogen-bond donors (Lipinski definition) is 1. The number of nitrogens with one attached hydrogen (secondary N) is 1. The minimum atomic E-state index is -2.91. The molecule has 7 aliphatic rings. The van der Waals surface area contributed by atoms with Crippen molar-refractivity contribution in [3.63, 3.8) is 0 Å². The number of ether oxygens (including phenoxy) is 1. The number of nitrogens with zero attached hydrogens (tertiary/aromatic N) is 1. The summed E-state index contributed by atoms with van der Waals surface area (Å²) in [4.78, 5) is 15.8. The third-order valence-electron chi connectivity index (χ3n) is 19.1. The molecule has 0 amide bonds. The van der Waals surface area contributed by atoms with Gasteiger partial charge in [-0.3, -0.25) is 4.79 Å². The van der Waals surface area contributed by atoms with E-state index in [-0.39, 0.29) is 33.8 Å². The van der Waals surface area contributed by atoms with E-state index < -0.39 is 27.9 Å². The van der Waals surface area contributed by atoms with Gasteiger partial charge < -0.3 is 15.0 Å². The first-order valence-electron chi connectivity index (χ1n) is 23.4. The second kappa shape index (κ2) is 15.8. The molecule has 5 fully saturated rings. The normalized spacial score (nSPS) is 41.5. The Bertz CT molecular complexity index is 1940. The number of allylic oxidation sites excluding steroid dienone is 5. The van der Waals surface area contributed by atoms with Crippen LogP contribution in [0.15, 0.2) is 65.8 Å². The minimum Gasteiger partial charge on any atom is -0.460 e. The van der Waals surface area contributed by atoms with Crippen LogP contribution in [0.1, 0.15) is 131 Å². The Kier molecular flexibility index (Phi) is 11.6. The molecule has 0 radical (unpaired) electrons. The number of fused-ring (bicyclic) bond motifs is 7. The van der Waals surface area contributed by atoms with Crippen molar-refractivity contribution in [2.75, 3.05) is 44.4 Å². The first kappa shape index (κ1) is 43.4. The molecule has 8 rings (SSSR count). The van der Waals surface area contributed by atoms with Crippen molar-refractivity contribution < 1.29 is 22.3 Å². The van der Waals surface area contributed by atoms with Crippen LogP contribution < -0.4 is 5.32 Å². The number of benzene rings is 1. The number of sulfone groups is 1. The summed E-state index contributed by atoms with van der Waals surface area (Å²) in [5.41, 5.74) is 4.77. The zero-order valence-corrected chi connectivity index (χ0v) is 38.2. The van der Waals surface area contributed by atoms with Gasteiger partial charge in [-0.05, 0) is 165 Å². The molecule has 1 aliphatic heterocycles. The summed E-state index contributed by atoms with van der Waals surface area (Å²) >= 11 is 0.